The number of unbranched alkanes of at least 4 members (excludes halogenated alkanes) is 1. The summed E-state index contributed by atoms with van der Waals surface area (Å²) in [6, 6.07) is 12.7. The Morgan fingerprint density at radius 2 is 1.76 bits per heavy atom. The highest BCUT2D eigenvalue weighted by Crippen LogP contribution is 2.18. The SMILES string of the molecule is C[C@H](NC(=O)[C@@H]([NH3+])CCCC[NH3+])C(=O)Nc1ccc2ccccc2c1. The lowest BCUT2D eigenvalue weighted by molar-refractivity contribution is -0.406. The largest absolute Gasteiger partial charge is 0.358 e. The number of fused-ring (bicyclic) bond motifs is 1. The van der Waals surface area contributed by atoms with Crippen molar-refractivity contribution in [3.05, 3.63) is 42.5 Å². The van der Waals surface area contributed by atoms with E-state index >= 15 is 0 Å². The Hall–Kier alpha value is -2.44. The Bertz CT molecular complexity index is 732. The number of benzene rings is 2. The highest BCUT2D eigenvalue weighted by Gasteiger charge is 2.22. The molecule has 0 aliphatic heterocycles. The van der Waals surface area contributed by atoms with Crippen molar-refractivity contribution >= 4 is 28.3 Å². The molecule has 0 saturated carbocycles. The quantitative estimate of drug-likeness (QED) is 0.516. The van der Waals surface area contributed by atoms with Crippen molar-refractivity contribution in [1.29, 1.82) is 0 Å². The normalized spacial score (nSPS) is 13.2. The molecule has 8 N–H and O–H groups in total. The lowest BCUT2D eigenvalue weighted by atomic mass is 10.1. The van der Waals surface area contributed by atoms with Gasteiger partial charge in [-0.3, -0.25) is 9.59 Å². The summed E-state index contributed by atoms with van der Waals surface area (Å²) in [5, 5.41) is 7.75. The predicted octanol–water partition coefficient (Wildman–Crippen LogP) is 0.306. The lowest BCUT2D eigenvalue weighted by Crippen LogP contribution is -2.68. The summed E-state index contributed by atoms with van der Waals surface area (Å²) < 4.78 is 0. The standard InChI is InChI=1S/C19H26N4O2/c1-13(22-19(25)17(21)8-4-5-11-20)18(24)23-16-10-9-14-6-2-3-7-15(14)12-16/h2-3,6-7,9-10,12-13,17H,4-5,8,11,20-21H2,1H3,(H,22,25)(H,23,24)/p+2/t13-,17-/m0/s1. The van der Waals surface area contributed by atoms with E-state index in [0.717, 1.165) is 30.2 Å². The van der Waals surface area contributed by atoms with Gasteiger partial charge in [0.05, 0.1) is 6.54 Å². The van der Waals surface area contributed by atoms with Crippen LogP contribution in [0.3, 0.4) is 0 Å². The van der Waals surface area contributed by atoms with Crippen LogP contribution in [0.1, 0.15) is 26.2 Å². The third kappa shape index (κ3) is 5.55. The molecule has 0 radical (unpaired) electrons. The van der Waals surface area contributed by atoms with Gasteiger partial charge in [0, 0.05) is 12.1 Å². The Morgan fingerprint density at radius 3 is 2.48 bits per heavy atom. The summed E-state index contributed by atoms with van der Waals surface area (Å²) in [5.74, 6) is -0.432. The molecule has 2 aromatic rings. The molecule has 134 valence electrons. The summed E-state index contributed by atoms with van der Waals surface area (Å²) in [6.45, 7) is 2.54. The van der Waals surface area contributed by atoms with Gasteiger partial charge in [0.15, 0.2) is 6.04 Å². The summed E-state index contributed by atoms with van der Waals surface area (Å²) in [5.41, 5.74) is 8.37. The zero-order chi connectivity index (χ0) is 18.2. The molecule has 2 amide bonds. The fraction of sp³-hybridized carbons (Fsp3) is 0.368. The van der Waals surface area contributed by atoms with E-state index in [1.165, 1.54) is 0 Å². The minimum atomic E-state index is -0.615. The van der Waals surface area contributed by atoms with E-state index in [0.29, 0.717) is 12.1 Å². The summed E-state index contributed by atoms with van der Waals surface area (Å²) >= 11 is 0. The molecule has 0 aromatic heterocycles. The van der Waals surface area contributed by atoms with E-state index in [1.807, 2.05) is 42.5 Å². The first-order valence-corrected chi connectivity index (χ1v) is 8.73. The molecule has 6 heteroatoms. The third-order valence-corrected chi connectivity index (χ3v) is 4.19. The molecule has 2 aromatic carbocycles. The average molecular weight is 344 g/mol. The van der Waals surface area contributed by atoms with Crippen LogP contribution in [0.4, 0.5) is 5.69 Å². The van der Waals surface area contributed by atoms with Crippen LogP contribution in [0.2, 0.25) is 0 Å². The van der Waals surface area contributed by atoms with Gasteiger partial charge in [0.1, 0.15) is 6.04 Å². The minimum absolute atomic E-state index is 0.190. The van der Waals surface area contributed by atoms with Gasteiger partial charge in [-0.2, -0.15) is 0 Å². The van der Waals surface area contributed by atoms with Gasteiger partial charge in [-0.1, -0.05) is 30.3 Å². The van der Waals surface area contributed by atoms with Gasteiger partial charge in [0.2, 0.25) is 5.91 Å². The van der Waals surface area contributed by atoms with Gasteiger partial charge in [-0.25, -0.2) is 0 Å². The Morgan fingerprint density at radius 1 is 1.04 bits per heavy atom. The van der Waals surface area contributed by atoms with E-state index < -0.39 is 6.04 Å². The van der Waals surface area contributed by atoms with Crippen LogP contribution in [0.15, 0.2) is 42.5 Å². The van der Waals surface area contributed by atoms with Crippen molar-refractivity contribution in [1.82, 2.24) is 5.32 Å². The zero-order valence-corrected chi connectivity index (χ0v) is 14.8. The van der Waals surface area contributed by atoms with Crippen LogP contribution >= 0.6 is 0 Å². The summed E-state index contributed by atoms with van der Waals surface area (Å²) in [7, 11) is 0. The summed E-state index contributed by atoms with van der Waals surface area (Å²) in [4.78, 5) is 24.4. The molecule has 25 heavy (non-hydrogen) atoms. The molecule has 0 heterocycles. The second kappa shape index (κ2) is 9.15. The van der Waals surface area contributed by atoms with Crippen molar-refractivity contribution in [3.8, 4) is 0 Å². The molecular weight excluding hydrogens is 316 g/mol. The Balaban J connectivity index is 1.89. The van der Waals surface area contributed by atoms with E-state index in [9.17, 15) is 9.59 Å². The minimum Gasteiger partial charge on any atom is -0.358 e. The van der Waals surface area contributed by atoms with E-state index in [4.69, 9.17) is 0 Å². The number of carbonyl (C=O) groups excluding carboxylic acids is 2. The molecule has 0 spiro atoms. The number of hydrogen-bond donors (Lipinski definition) is 4. The van der Waals surface area contributed by atoms with Crippen molar-refractivity contribution < 1.29 is 21.1 Å². The first kappa shape index (κ1) is 18.9. The Kier molecular flexibility index (Phi) is 6.91. The van der Waals surface area contributed by atoms with Crippen molar-refractivity contribution in [3.63, 3.8) is 0 Å². The second-order valence-corrected chi connectivity index (χ2v) is 6.33. The van der Waals surface area contributed by atoms with Crippen molar-refractivity contribution in [2.24, 2.45) is 0 Å². The molecule has 0 fully saturated rings. The fourth-order valence-corrected chi connectivity index (χ4v) is 2.61. The van der Waals surface area contributed by atoms with Gasteiger partial charge in [0.25, 0.3) is 5.91 Å². The number of carbonyl (C=O) groups is 2. The molecule has 6 nitrogen and oxygen atoms in total. The van der Waals surface area contributed by atoms with Gasteiger partial charge >= 0.3 is 0 Å². The Labute approximate surface area is 148 Å². The van der Waals surface area contributed by atoms with Gasteiger partial charge in [-0.15, -0.1) is 0 Å². The highest BCUT2D eigenvalue weighted by atomic mass is 16.2. The number of anilines is 1. The van der Waals surface area contributed by atoms with E-state index in [2.05, 4.69) is 22.1 Å². The van der Waals surface area contributed by atoms with Crippen LogP contribution in [-0.4, -0.2) is 30.4 Å². The van der Waals surface area contributed by atoms with Crippen LogP contribution < -0.4 is 22.1 Å². The maximum atomic E-state index is 12.3. The van der Waals surface area contributed by atoms with Crippen LogP contribution in [0.5, 0.6) is 0 Å². The van der Waals surface area contributed by atoms with Crippen molar-refractivity contribution in [2.45, 2.75) is 38.3 Å². The van der Waals surface area contributed by atoms with Crippen LogP contribution in [0, 0.1) is 0 Å². The maximum absolute atomic E-state index is 12.3. The van der Waals surface area contributed by atoms with Gasteiger partial charge < -0.3 is 22.1 Å². The van der Waals surface area contributed by atoms with Crippen LogP contribution in [-0.2, 0) is 9.59 Å². The number of nitrogens with one attached hydrogen (secondary N) is 2. The summed E-state index contributed by atoms with van der Waals surface area (Å²) in [6.07, 6.45) is 2.61. The van der Waals surface area contributed by atoms with Gasteiger partial charge in [-0.05, 0) is 42.7 Å². The molecular formula is C19H28N4O2+2. The van der Waals surface area contributed by atoms with E-state index in [-0.39, 0.29) is 17.9 Å². The number of rotatable bonds is 8. The number of amides is 2. The predicted molar refractivity (Wildman–Crippen MR) is 98.5 cm³/mol. The number of quaternary nitrogens is 2. The zero-order valence-electron chi connectivity index (χ0n) is 14.8. The maximum Gasteiger partial charge on any atom is 0.278 e. The van der Waals surface area contributed by atoms with Crippen molar-refractivity contribution in [2.75, 3.05) is 11.9 Å². The molecule has 2 rings (SSSR count). The highest BCUT2D eigenvalue weighted by molar-refractivity contribution is 5.99. The smallest absolute Gasteiger partial charge is 0.278 e. The lowest BCUT2D eigenvalue weighted by Gasteiger charge is -2.16. The van der Waals surface area contributed by atoms with Crippen LogP contribution in [0.25, 0.3) is 10.8 Å². The third-order valence-electron chi connectivity index (χ3n) is 4.19. The molecule has 2 atom stereocenters. The first-order chi connectivity index (χ1) is 12.0. The number of hydrogen-bond acceptors (Lipinski definition) is 2. The first-order valence-electron chi connectivity index (χ1n) is 8.73. The molecule has 0 bridgehead atoms. The monoisotopic (exact) mass is 344 g/mol. The fourth-order valence-electron chi connectivity index (χ4n) is 2.61. The van der Waals surface area contributed by atoms with E-state index in [1.54, 1.807) is 6.92 Å². The molecule has 0 unspecified atom stereocenters. The second-order valence-electron chi connectivity index (χ2n) is 6.33. The average Bonchev–Trinajstić information content (AvgIpc) is 2.61. The molecule has 0 aliphatic rings. The topological polar surface area (TPSA) is 113 Å². The molecule has 0 saturated heterocycles. The molecule has 0 aliphatic carbocycles.